The lowest BCUT2D eigenvalue weighted by molar-refractivity contribution is -0.0577. The van der Waals surface area contributed by atoms with E-state index in [1.807, 2.05) is 20.8 Å². The minimum absolute atomic E-state index is 0.299. The Morgan fingerprint density at radius 2 is 1.80 bits per heavy atom. The lowest BCUT2D eigenvalue weighted by Gasteiger charge is -2.33. The van der Waals surface area contributed by atoms with Gasteiger partial charge in [-0.2, -0.15) is 0 Å². The zero-order chi connectivity index (χ0) is 11.9. The molecule has 1 unspecified atom stereocenters. The third-order valence-electron chi connectivity index (χ3n) is 2.35. The Morgan fingerprint density at radius 1 is 1.20 bits per heavy atom. The van der Waals surface area contributed by atoms with Crippen LogP contribution in [0, 0.1) is 0 Å². The van der Waals surface area contributed by atoms with E-state index in [4.69, 9.17) is 9.47 Å². The maximum Gasteiger partial charge on any atom is 0.0770 e. The molecule has 0 aliphatic rings. The van der Waals surface area contributed by atoms with Crippen LogP contribution in [0.25, 0.3) is 0 Å². The van der Waals surface area contributed by atoms with Crippen LogP contribution in [0.1, 0.15) is 27.2 Å². The first-order chi connectivity index (χ1) is 6.83. The molecule has 0 aliphatic heterocycles. The van der Waals surface area contributed by atoms with Gasteiger partial charge in [0.15, 0.2) is 0 Å². The summed E-state index contributed by atoms with van der Waals surface area (Å²) in [5.41, 5.74) is -1.06. The third kappa shape index (κ3) is 7.73. The van der Waals surface area contributed by atoms with E-state index in [1.165, 1.54) is 0 Å². The second kappa shape index (κ2) is 6.43. The zero-order valence-corrected chi connectivity index (χ0v) is 10.6. The molecule has 0 aromatic carbocycles. The van der Waals surface area contributed by atoms with E-state index < -0.39 is 5.60 Å². The van der Waals surface area contributed by atoms with Crippen molar-refractivity contribution in [2.24, 2.45) is 0 Å². The molecule has 0 fully saturated rings. The molecule has 0 rings (SSSR count). The highest BCUT2D eigenvalue weighted by Crippen LogP contribution is 2.22. The van der Waals surface area contributed by atoms with Crippen molar-refractivity contribution in [1.29, 1.82) is 0 Å². The number of hydrogen-bond acceptors (Lipinski definition) is 4. The van der Waals surface area contributed by atoms with Crippen LogP contribution < -0.4 is 5.32 Å². The van der Waals surface area contributed by atoms with Crippen LogP contribution in [-0.2, 0) is 9.47 Å². The van der Waals surface area contributed by atoms with Crippen molar-refractivity contribution in [3.63, 3.8) is 0 Å². The standard InChI is InChI=1S/C11H25NO3/c1-10(2,15-5)8-11(3,13)9-12-6-7-14-4/h12-13H,6-9H2,1-5H3. The van der Waals surface area contributed by atoms with E-state index in [2.05, 4.69) is 5.32 Å². The molecule has 0 heterocycles. The van der Waals surface area contributed by atoms with Gasteiger partial charge in [0.2, 0.25) is 0 Å². The Bertz CT molecular complexity index is 169. The first-order valence-electron chi connectivity index (χ1n) is 5.30. The lowest BCUT2D eigenvalue weighted by Crippen LogP contribution is -2.44. The predicted octanol–water partition coefficient (Wildman–Crippen LogP) is 0.788. The highest BCUT2D eigenvalue weighted by Gasteiger charge is 2.29. The average Bonchev–Trinajstić information content (AvgIpc) is 2.11. The molecule has 4 nitrogen and oxygen atoms in total. The van der Waals surface area contributed by atoms with Crippen molar-refractivity contribution in [1.82, 2.24) is 5.32 Å². The maximum atomic E-state index is 10.1. The Kier molecular flexibility index (Phi) is 6.36. The molecule has 15 heavy (non-hydrogen) atoms. The van der Waals surface area contributed by atoms with E-state index in [1.54, 1.807) is 14.2 Å². The summed E-state index contributed by atoms with van der Waals surface area (Å²) in [6, 6.07) is 0. The SMILES string of the molecule is COCCNCC(C)(O)CC(C)(C)OC. The molecule has 0 amide bonds. The average molecular weight is 219 g/mol. The molecular formula is C11H25NO3. The molecule has 0 aromatic heterocycles. The summed E-state index contributed by atoms with van der Waals surface area (Å²) in [5.74, 6) is 0. The van der Waals surface area contributed by atoms with Crippen molar-refractivity contribution in [3.8, 4) is 0 Å². The van der Waals surface area contributed by atoms with Crippen molar-refractivity contribution < 1.29 is 14.6 Å². The molecule has 0 saturated heterocycles. The summed E-state index contributed by atoms with van der Waals surface area (Å²) in [4.78, 5) is 0. The molecule has 0 bridgehead atoms. The number of nitrogens with one attached hydrogen (secondary N) is 1. The Balaban J connectivity index is 3.85. The smallest absolute Gasteiger partial charge is 0.0770 e. The highest BCUT2D eigenvalue weighted by atomic mass is 16.5. The quantitative estimate of drug-likeness (QED) is 0.593. The summed E-state index contributed by atoms with van der Waals surface area (Å²) >= 11 is 0. The van der Waals surface area contributed by atoms with Gasteiger partial charge in [-0.25, -0.2) is 0 Å². The molecule has 2 N–H and O–H groups in total. The molecule has 0 aliphatic carbocycles. The second-order valence-electron chi connectivity index (χ2n) is 4.81. The molecule has 0 saturated carbocycles. The maximum absolute atomic E-state index is 10.1. The molecule has 4 heteroatoms. The zero-order valence-electron chi connectivity index (χ0n) is 10.6. The Hall–Kier alpha value is -0.160. The fraction of sp³-hybridized carbons (Fsp3) is 1.00. The van der Waals surface area contributed by atoms with Gasteiger partial charge in [-0.3, -0.25) is 0 Å². The van der Waals surface area contributed by atoms with Gasteiger partial charge in [0.1, 0.15) is 0 Å². The van der Waals surface area contributed by atoms with E-state index in [0.717, 1.165) is 6.54 Å². The minimum Gasteiger partial charge on any atom is -0.389 e. The monoisotopic (exact) mass is 219 g/mol. The summed E-state index contributed by atoms with van der Waals surface area (Å²) in [7, 11) is 3.32. The van der Waals surface area contributed by atoms with Crippen molar-refractivity contribution >= 4 is 0 Å². The molecule has 0 aromatic rings. The molecule has 0 spiro atoms. The van der Waals surface area contributed by atoms with Gasteiger partial charge in [0.05, 0.1) is 17.8 Å². The molecular weight excluding hydrogens is 194 g/mol. The van der Waals surface area contributed by atoms with Crippen LogP contribution in [0.4, 0.5) is 0 Å². The topological polar surface area (TPSA) is 50.7 Å². The molecule has 1 atom stereocenters. The van der Waals surface area contributed by atoms with Gasteiger partial charge in [-0.05, 0) is 20.8 Å². The van der Waals surface area contributed by atoms with Gasteiger partial charge in [0.25, 0.3) is 0 Å². The van der Waals surface area contributed by atoms with Crippen molar-refractivity contribution in [2.45, 2.75) is 38.4 Å². The van der Waals surface area contributed by atoms with Gasteiger partial charge < -0.3 is 19.9 Å². The van der Waals surface area contributed by atoms with Gasteiger partial charge in [0, 0.05) is 33.7 Å². The summed E-state index contributed by atoms with van der Waals surface area (Å²) < 4.78 is 10.2. The van der Waals surface area contributed by atoms with Gasteiger partial charge in [-0.15, -0.1) is 0 Å². The summed E-state index contributed by atoms with van der Waals surface area (Å²) in [5, 5.41) is 13.2. The number of aliphatic hydroxyl groups is 1. The van der Waals surface area contributed by atoms with Crippen LogP contribution in [-0.4, -0.2) is 50.2 Å². The minimum atomic E-state index is -0.757. The van der Waals surface area contributed by atoms with Crippen molar-refractivity contribution in [3.05, 3.63) is 0 Å². The number of methoxy groups -OCH3 is 2. The third-order valence-corrected chi connectivity index (χ3v) is 2.35. The normalized spacial score (nSPS) is 16.4. The first kappa shape index (κ1) is 14.8. The first-order valence-corrected chi connectivity index (χ1v) is 5.30. The number of ether oxygens (including phenoxy) is 2. The predicted molar refractivity (Wildman–Crippen MR) is 61.1 cm³/mol. The fourth-order valence-electron chi connectivity index (χ4n) is 1.58. The number of rotatable bonds is 8. The van der Waals surface area contributed by atoms with Crippen LogP contribution >= 0.6 is 0 Å². The fourth-order valence-corrected chi connectivity index (χ4v) is 1.58. The Morgan fingerprint density at radius 3 is 2.27 bits per heavy atom. The summed E-state index contributed by atoms with van der Waals surface area (Å²) in [6.07, 6.45) is 0.594. The number of hydrogen-bond donors (Lipinski definition) is 2. The van der Waals surface area contributed by atoms with Crippen LogP contribution in [0.3, 0.4) is 0 Å². The van der Waals surface area contributed by atoms with E-state index in [-0.39, 0.29) is 5.60 Å². The Labute approximate surface area is 93.0 Å². The molecule has 0 radical (unpaired) electrons. The second-order valence-corrected chi connectivity index (χ2v) is 4.81. The van der Waals surface area contributed by atoms with E-state index in [9.17, 15) is 5.11 Å². The van der Waals surface area contributed by atoms with Gasteiger partial charge in [-0.1, -0.05) is 0 Å². The van der Waals surface area contributed by atoms with Crippen LogP contribution in [0.2, 0.25) is 0 Å². The van der Waals surface area contributed by atoms with Gasteiger partial charge >= 0.3 is 0 Å². The van der Waals surface area contributed by atoms with Crippen molar-refractivity contribution in [2.75, 3.05) is 33.9 Å². The lowest BCUT2D eigenvalue weighted by atomic mass is 9.90. The largest absolute Gasteiger partial charge is 0.389 e. The highest BCUT2D eigenvalue weighted by molar-refractivity contribution is 4.84. The van der Waals surface area contributed by atoms with E-state index >= 15 is 0 Å². The summed E-state index contributed by atoms with van der Waals surface area (Å²) in [6.45, 7) is 7.70. The van der Waals surface area contributed by atoms with Crippen LogP contribution in [0.15, 0.2) is 0 Å². The van der Waals surface area contributed by atoms with E-state index in [0.29, 0.717) is 19.6 Å². The van der Waals surface area contributed by atoms with Crippen LogP contribution in [0.5, 0.6) is 0 Å². The molecule has 92 valence electrons.